The standard InChI is InChI=1S/C16H15F4N5/c1-24-2-4-25(5-3-24)15-14-11(8-21-23-14)10-6-9(16(18,19)20)7-12(17)13(10)22-15/h6-8H,2-5H2,1H3,(H,21,23). The summed E-state index contributed by atoms with van der Waals surface area (Å²) in [6.45, 7) is 3.05. The van der Waals surface area contributed by atoms with Gasteiger partial charge in [-0.1, -0.05) is 0 Å². The summed E-state index contributed by atoms with van der Waals surface area (Å²) in [5, 5.41) is 7.27. The van der Waals surface area contributed by atoms with E-state index in [4.69, 9.17) is 0 Å². The molecule has 0 bridgehead atoms. The highest BCUT2D eigenvalue weighted by molar-refractivity contribution is 6.08. The van der Waals surface area contributed by atoms with Crippen molar-refractivity contribution in [1.29, 1.82) is 0 Å². The van der Waals surface area contributed by atoms with E-state index in [1.165, 1.54) is 6.20 Å². The Balaban J connectivity index is 1.94. The summed E-state index contributed by atoms with van der Waals surface area (Å²) < 4.78 is 53.4. The van der Waals surface area contributed by atoms with Gasteiger partial charge in [-0.05, 0) is 19.2 Å². The van der Waals surface area contributed by atoms with Gasteiger partial charge in [0.25, 0.3) is 0 Å². The summed E-state index contributed by atoms with van der Waals surface area (Å²) in [6, 6.07) is 1.42. The molecular formula is C16H15F4N5. The van der Waals surface area contributed by atoms with Crippen molar-refractivity contribution in [3.63, 3.8) is 0 Å². The second-order valence-corrected chi connectivity index (χ2v) is 6.24. The summed E-state index contributed by atoms with van der Waals surface area (Å²) >= 11 is 0. The third kappa shape index (κ3) is 2.68. The molecule has 0 saturated carbocycles. The van der Waals surface area contributed by atoms with Crippen LogP contribution in [0.3, 0.4) is 0 Å². The fraction of sp³-hybridized carbons (Fsp3) is 0.375. The Morgan fingerprint density at radius 1 is 1.08 bits per heavy atom. The van der Waals surface area contributed by atoms with Crippen molar-refractivity contribution in [1.82, 2.24) is 20.1 Å². The number of anilines is 1. The number of halogens is 4. The largest absolute Gasteiger partial charge is 0.416 e. The second-order valence-electron chi connectivity index (χ2n) is 6.24. The molecule has 4 rings (SSSR count). The molecule has 132 valence electrons. The zero-order chi connectivity index (χ0) is 17.8. The highest BCUT2D eigenvalue weighted by atomic mass is 19.4. The van der Waals surface area contributed by atoms with Crippen LogP contribution in [-0.4, -0.2) is 53.3 Å². The van der Waals surface area contributed by atoms with E-state index in [2.05, 4.69) is 20.1 Å². The Hall–Kier alpha value is -2.42. The number of hydrogen-bond donors (Lipinski definition) is 1. The maximum atomic E-state index is 14.4. The van der Waals surface area contributed by atoms with E-state index in [1.54, 1.807) is 0 Å². The normalized spacial score (nSPS) is 16.9. The van der Waals surface area contributed by atoms with Gasteiger partial charge in [-0.2, -0.15) is 18.3 Å². The fourth-order valence-electron chi connectivity index (χ4n) is 3.15. The number of nitrogens with one attached hydrogen (secondary N) is 1. The van der Waals surface area contributed by atoms with Gasteiger partial charge in [0, 0.05) is 37.0 Å². The maximum absolute atomic E-state index is 14.4. The van der Waals surface area contributed by atoms with Gasteiger partial charge < -0.3 is 9.80 Å². The number of piperazine rings is 1. The molecule has 1 aromatic carbocycles. The molecule has 0 spiro atoms. The van der Waals surface area contributed by atoms with E-state index in [-0.39, 0.29) is 10.9 Å². The Morgan fingerprint density at radius 2 is 1.80 bits per heavy atom. The topological polar surface area (TPSA) is 48.1 Å². The van der Waals surface area contributed by atoms with Crippen molar-refractivity contribution >= 4 is 27.6 Å². The summed E-state index contributed by atoms with van der Waals surface area (Å²) in [6.07, 6.45) is -3.21. The van der Waals surface area contributed by atoms with Crippen LogP contribution in [0.4, 0.5) is 23.4 Å². The molecule has 1 N–H and O–H groups in total. The predicted molar refractivity (Wildman–Crippen MR) is 86.1 cm³/mol. The molecule has 1 aliphatic heterocycles. The molecule has 25 heavy (non-hydrogen) atoms. The van der Waals surface area contributed by atoms with Crippen LogP contribution in [0.1, 0.15) is 5.56 Å². The fourth-order valence-corrected chi connectivity index (χ4v) is 3.15. The number of pyridine rings is 1. The third-order valence-corrected chi connectivity index (χ3v) is 4.56. The second kappa shape index (κ2) is 5.55. The van der Waals surface area contributed by atoms with E-state index in [0.717, 1.165) is 19.2 Å². The SMILES string of the molecule is CN1CCN(c2nc3c(F)cc(C(F)(F)F)cc3c3cn[nH]c23)CC1. The zero-order valence-corrected chi connectivity index (χ0v) is 13.4. The lowest BCUT2D eigenvalue weighted by molar-refractivity contribution is -0.137. The van der Waals surface area contributed by atoms with Gasteiger partial charge in [-0.3, -0.25) is 5.10 Å². The van der Waals surface area contributed by atoms with E-state index in [9.17, 15) is 17.6 Å². The summed E-state index contributed by atoms with van der Waals surface area (Å²) in [5.41, 5.74) is -0.583. The Kier molecular flexibility index (Phi) is 3.57. The van der Waals surface area contributed by atoms with Crippen LogP contribution in [0.2, 0.25) is 0 Å². The predicted octanol–water partition coefficient (Wildman–Crippen LogP) is 3.02. The van der Waals surface area contributed by atoms with Crippen LogP contribution < -0.4 is 4.90 Å². The van der Waals surface area contributed by atoms with Crippen molar-refractivity contribution in [3.05, 3.63) is 29.7 Å². The average molecular weight is 353 g/mol. The highest BCUT2D eigenvalue weighted by Gasteiger charge is 2.32. The van der Waals surface area contributed by atoms with Gasteiger partial charge in [0.05, 0.1) is 11.8 Å². The number of H-pyrrole nitrogens is 1. The van der Waals surface area contributed by atoms with Crippen molar-refractivity contribution in [2.24, 2.45) is 0 Å². The molecule has 0 radical (unpaired) electrons. The Bertz CT molecular complexity index is 941. The molecular weight excluding hydrogens is 338 g/mol. The number of aromatic amines is 1. The first-order valence-electron chi connectivity index (χ1n) is 7.81. The molecule has 1 fully saturated rings. The minimum Gasteiger partial charge on any atom is -0.352 e. The van der Waals surface area contributed by atoms with Crippen molar-refractivity contribution in [2.45, 2.75) is 6.18 Å². The third-order valence-electron chi connectivity index (χ3n) is 4.56. The van der Waals surface area contributed by atoms with Crippen LogP contribution in [0.15, 0.2) is 18.3 Å². The molecule has 0 atom stereocenters. The molecule has 0 unspecified atom stereocenters. The molecule has 5 nitrogen and oxygen atoms in total. The van der Waals surface area contributed by atoms with Crippen LogP contribution in [0.25, 0.3) is 21.8 Å². The summed E-state index contributed by atoms with van der Waals surface area (Å²) in [4.78, 5) is 8.50. The van der Waals surface area contributed by atoms with Gasteiger partial charge >= 0.3 is 6.18 Å². The number of aromatic nitrogens is 3. The van der Waals surface area contributed by atoms with Crippen LogP contribution in [-0.2, 0) is 6.18 Å². The van der Waals surface area contributed by atoms with Crippen LogP contribution >= 0.6 is 0 Å². The molecule has 3 aromatic rings. The summed E-state index contributed by atoms with van der Waals surface area (Å²) in [7, 11) is 2.01. The highest BCUT2D eigenvalue weighted by Crippen LogP contribution is 2.36. The van der Waals surface area contributed by atoms with E-state index >= 15 is 0 Å². The van der Waals surface area contributed by atoms with Gasteiger partial charge in [0.1, 0.15) is 16.9 Å². The number of likely N-dealkylation sites (N-methyl/N-ethyl adjacent to an activating group) is 1. The first-order valence-corrected chi connectivity index (χ1v) is 7.81. The van der Waals surface area contributed by atoms with Gasteiger partial charge in [-0.15, -0.1) is 0 Å². The monoisotopic (exact) mass is 353 g/mol. The molecule has 3 heterocycles. The first kappa shape index (κ1) is 16.1. The van der Waals surface area contributed by atoms with Crippen molar-refractivity contribution in [3.8, 4) is 0 Å². The minimum atomic E-state index is -4.62. The lowest BCUT2D eigenvalue weighted by atomic mass is 10.1. The average Bonchev–Trinajstić information content (AvgIpc) is 3.04. The molecule has 1 aliphatic rings. The molecule has 9 heteroatoms. The first-order chi connectivity index (χ1) is 11.8. The molecule has 0 amide bonds. The van der Waals surface area contributed by atoms with Crippen molar-refractivity contribution in [2.75, 3.05) is 38.1 Å². The number of benzene rings is 1. The zero-order valence-electron chi connectivity index (χ0n) is 13.4. The maximum Gasteiger partial charge on any atom is 0.416 e. The number of nitrogens with zero attached hydrogens (tertiary/aromatic N) is 4. The van der Waals surface area contributed by atoms with E-state index < -0.39 is 17.6 Å². The molecule has 2 aromatic heterocycles. The number of rotatable bonds is 1. The molecule has 0 aliphatic carbocycles. The minimum absolute atomic E-state index is 0.0733. The van der Waals surface area contributed by atoms with Gasteiger partial charge in [0.15, 0.2) is 5.82 Å². The Morgan fingerprint density at radius 3 is 2.48 bits per heavy atom. The van der Waals surface area contributed by atoms with Gasteiger partial charge in [0.2, 0.25) is 0 Å². The quantitative estimate of drug-likeness (QED) is 0.683. The lowest BCUT2D eigenvalue weighted by Crippen LogP contribution is -2.44. The van der Waals surface area contributed by atoms with Gasteiger partial charge in [-0.25, -0.2) is 9.37 Å². The van der Waals surface area contributed by atoms with Crippen molar-refractivity contribution < 1.29 is 17.6 Å². The number of alkyl halides is 3. The lowest BCUT2D eigenvalue weighted by Gasteiger charge is -2.33. The number of hydrogen-bond acceptors (Lipinski definition) is 4. The smallest absolute Gasteiger partial charge is 0.352 e. The molecule has 1 saturated heterocycles. The number of fused-ring (bicyclic) bond motifs is 3. The van der Waals surface area contributed by atoms with E-state index in [0.29, 0.717) is 35.9 Å². The Labute approximate surface area is 140 Å². The van der Waals surface area contributed by atoms with E-state index in [1.807, 2.05) is 11.9 Å². The van der Waals surface area contributed by atoms with Crippen LogP contribution in [0, 0.1) is 5.82 Å². The van der Waals surface area contributed by atoms with Crippen LogP contribution in [0.5, 0.6) is 0 Å². The summed E-state index contributed by atoms with van der Waals surface area (Å²) in [5.74, 6) is -0.463.